The summed E-state index contributed by atoms with van der Waals surface area (Å²) in [6.45, 7) is 3.11. The number of pyridine rings is 5. The zero-order valence-corrected chi connectivity index (χ0v) is 40.4. The number of alkyl halides is 2. The Hall–Kier alpha value is -1.48. The highest BCUT2D eigenvalue weighted by molar-refractivity contribution is 14.1. The molecular weight excluding hydrogens is 1190 g/mol. The number of carbonyl (C=O) groups is 2. The van der Waals surface area contributed by atoms with E-state index >= 15 is 0 Å². The highest BCUT2D eigenvalue weighted by Crippen LogP contribution is 2.47. The number of hydrogen-bond donors (Lipinski definition) is 1. The predicted molar refractivity (Wildman–Crippen MR) is 239 cm³/mol. The van der Waals surface area contributed by atoms with Gasteiger partial charge in [0.05, 0.1) is 42.3 Å². The van der Waals surface area contributed by atoms with Crippen LogP contribution in [0.4, 0.5) is 0 Å². The highest BCUT2D eigenvalue weighted by Gasteiger charge is 2.46. The first-order valence-corrected chi connectivity index (χ1v) is 22.3. The van der Waals surface area contributed by atoms with E-state index in [1.165, 1.54) is 0 Å². The summed E-state index contributed by atoms with van der Waals surface area (Å²) in [4.78, 5) is 42.6. The average Bonchev–Trinajstić information content (AvgIpc) is 4.14. The van der Waals surface area contributed by atoms with Crippen molar-refractivity contribution in [3.8, 4) is 0 Å². The number of epoxide rings is 1. The summed E-state index contributed by atoms with van der Waals surface area (Å²) in [6, 6.07) is 18.7. The number of hydrogen-bond acceptors (Lipinski definition) is 10. The minimum absolute atomic E-state index is 0.0192. The van der Waals surface area contributed by atoms with E-state index in [1.807, 2.05) is 49.4 Å². The number of carbonyl (C=O) groups excluding carboxylic acids is 2. The van der Waals surface area contributed by atoms with Crippen molar-refractivity contribution in [2.75, 3.05) is 25.0 Å². The fraction of sp³-hybridized carbons (Fsp3) is 0.270. The van der Waals surface area contributed by atoms with Crippen LogP contribution in [-0.2, 0) is 14.3 Å². The Morgan fingerprint density at radius 1 is 0.782 bits per heavy atom. The van der Waals surface area contributed by atoms with Gasteiger partial charge in [-0.2, -0.15) is 0 Å². The van der Waals surface area contributed by atoms with Crippen LogP contribution in [0.15, 0.2) is 114 Å². The molecule has 292 valence electrons. The monoisotopic (exact) mass is 1220 g/mol. The Morgan fingerprint density at radius 3 is 1.69 bits per heavy atom. The third-order valence-electron chi connectivity index (χ3n) is 6.99. The Morgan fingerprint density at radius 2 is 1.29 bits per heavy atom. The van der Waals surface area contributed by atoms with Crippen LogP contribution >= 0.6 is 125 Å². The number of Topliss-reactive ketones (excluding diaryl/α,β-unsaturated/α-hetero) is 1. The molecule has 0 aromatic carbocycles. The summed E-state index contributed by atoms with van der Waals surface area (Å²) in [5.41, 5.74) is 3.02. The lowest BCUT2D eigenvalue weighted by Gasteiger charge is -2.04. The van der Waals surface area contributed by atoms with Crippen molar-refractivity contribution in [3.63, 3.8) is 0 Å². The van der Waals surface area contributed by atoms with Crippen molar-refractivity contribution in [2.45, 2.75) is 31.5 Å². The third kappa shape index (κ3) is 18.8. The number of aliphatic hydroxyl groups excluding tert-OH is 1. The van der Waals surface area contributed by atoms with Crippen molar-refractivity contribution in [1.29, 1.82) is 0 Å². The summed E-state index contributed by atoms with van der Waals surface area (Å²) >= 11 is 29.3. The second-order valence-electron chi connectivity index (χ2n) is 11.1. The lowest BCUT2D eigenvalue weighted by Crippen LogP contribution is -2.07. The molecule has 18 heteroatoms. The van der Waals surface area contributed by atoms with E-state index in [0.29, 0.717) is 18.0 Å². The minimum Gasteiger partial charge on any atom is -0.466 e. The Balaban J connectivity index is 0.000000187. The number of aromatic nitrogens is 5. The van der Waals surface area contributed by atoms with Crippen LogP contribution in [0.25, 0.3) is 0 Å². The van der Waals surface area contributed by atoms with Crippen molar-refractivity contribution in [3.05, 3.63) is 140 Å². The van der Waals surface area contributed by atoms with Crippen LogP contribution in [-0.4, -0.2) is 66.8 Å². The number of nitrogens with zero attached hydrogens (tertiary/aromatic N) is 5. The Labute approximate surface area is 385 Å². The van der Waals surface area contributed by atoms with Gasteiger partial charge < -0.3 is 14.6 Å². The van der Waals surface area contributed by atoms with Gasteiger partial charge in [0.25, 0.3) is 0 Å². The maximum atomic E-state index is 11.4. The van der Waals surface area contributed by atoms with Crippen molar-refractivity contribution in [1.82, 2.24) is 24.9 Å². The number of ether oxygens (including phenoxy) is 2. The van der Waals surface area contributed by atoms with E-state index in [4.69, 9.17) is 32.7 Å². The van der Waals surface area contributed by atoms with E-state index < -0.39 is 6.10 Å². The molecule has 0 amide bonds. The molecule has 6 heterocycles. The van der Waals surface area contributed by atoms with Crippen molar-refractivity contribution < 1.29 is 24.2 Å². The van der Waals surface area contributed by atoms with Crippen LogP contribution in [0, 0.1) is 9.62 Å². The predicted octanol–water partition coefficient (Wildman–Crippen LogP) is 11.3. The van der Waals surface area contributed by atoms with Gasteiger partial charge in [0.15, 0.2) is 5.78 Å². The number of esters is 1. The van der Waals surface area contributed by atoms with E-state index in [9.17, 15) is 14.7 Å². The van der Waals surface area contributed by atoms with Gasteiger partial charge in [-0.3, -0.25) is 29.5 Å². The van der Waals surface area contributed by atoms with Crippen LogP contribution in [0.2, 0.25) is 0 Å². The van der Waals surface area contributed by atoms with E-state index in [2.05, 4.69) is 127 Å². The molecule has 1 N–H and O–H groups in total. The first-order chi connectivity index (χ1) is 26.3. The largest absolute Gasteiger partial charge is 0.466 e. The summed E-state index contributed by atoms with van der Waals surface area (Å²) in [5, 5.41) is 9.21. The molecule has 5 aromatic heterocycles. The molecule has 1 aliphatic carbocycles. The van der Waals surface area contributed by atoms with Crippen LogP contribution in [0.5, 0.6) is 0 Å². The number of ketones is 1. The topological polar surface area (TPSA) is 141 Å². The summed E-state index contributed by atoms with van der Waals surface area (Å²) in [6.07, 6.45) is 9.00. The van der Waals surface area contributed by atoms with E-state index in [-0.39, 0.29) is 41.5 Å². The smallest absolute Gasteiger partial charge is 0.309 e. The SMILES string of the molecule is Brc1ccc(I)nc1.Brc1ccc([C@H]2CO2)nc1.CCOC(=O)[C@H]1C[C@@H]1c1ccc(Br)cn1.O=C(CCl)c1ccc(Br)cn1.O[C@@H](CCl)c1ccc(Br)cn1. The number of rotatable bonds is 8. The number of aliphatic hydroxyl groups is 1. The molecule has 2 fully saturated rings. The molecule has 4 atom stereocenters. The summed E-state index contributed by atoms with van der Waals surface area (Å²) < 4.78 is 15.8. The molecular formula is C37H33Br5Cl2IN5O5. The fourth-order valence-corrected chi connectivity index (χ4v) is 5.85. The molecule has 0 spiro atoms. The number of halogens is 8. The van der Waals surface area contributed by atoms with Crippen LogP contribution in [0.3, 0.4) is 0 Å². The molecule has 0 bridgehead atoms. The summed E-state index contributed by atoms with van der Waals surface area (Å²) in [5.74, 6) is 0.200. The normalized spacial score (nSPS) is 16.4. The molecule has 55 heavy (non-hydrogen) atoms. The standard InChI is InChI=1S/C11H12BrNO2.C7H7BrClNO.C7H5BrClNO.C7H6BrNO.C5H3BrIN/c1-2-15-11(14)9-5-8(9)10-4-3-7(12)6-13-10;2*8-5-1-2-6(10-4-5)7(11)3-9;8-5-1-2-6(9-3-5)7-4-10-7;6-4-1-2-5(7)8-3-4/h3-4,6,8-9H,2,5H2,1H3;1-2,4,7,11H,3H2;1-2,4H,3H2;1-3,7H,4H2;1-3H/t8-,9-;7-;;7-;/m00.1./s1. The van der Waals surface area contributed by atoms with Gasteiger partial charge in [-0.05, 0) is 176 Å². The van der Waals surface area contributed by atoms with Gasteiger partial charge in [-0.15, -0.1) is 23.2 Å². The first kappa shape index (κ1) is 47.9. The molecule has 5 aromatic rings. The zero-order chi connectivity index (χ0) is 40.3. The minimum atomic E-state index is -0.662. The van der Waals surface area contributed by atoms with Gasteiger partial charge in [-0.1, -0.05) is 0 Å². The third-order valence-corrected chi connectivity index (χ3v) is 10.5. The summed E-state index contributed by atoms with van der Waals surface area (Å²) in [7, 11) is 0. The molecule has 10 nitrogen and oxygen atoms in total. The fourth-order valence-electron chi connectivity index (χ4n) is 4.07. The molecule has 1 saturated heterocycles. The van der Waals surface area contributed by atoms with Gasteiger partial charge in [-0.25, -0.2) is 4.98 Å². The van der Waals surface area contributed by atoms with E-state index in [1.54, 1.807) is 49.2 Å². The van der Waals surface area contributed by atoms with Crippen LogP contribution < -0.4 is 0 Å². The van der Waals surface area contributed by atoms with Gasteiger partial charge in [0, 0.05) is 65.0 Å². The lowest BCUT2D eigenvalue weighted by atomic mass is 10.2. The maximum Gasteiger partial charge on any atom is 0.309 e. The maximum absolute atomic E-state index is 11.4. The molecule has 1 saturated carbocycles. The first-order valence-electron chi connectivity index (χ1n) is 16.2. The van der Waals surface area contributed by atoms with E-state index in [0.717, 1.165) is 50.5 Å². The highest BCUT2D eigenvalue weighted by atomic mass is 127. The quantitative estimate of drug-likeness (QED) is 0.0399. The zero-order valence-electron chi connectivity index (χ0n) is 28.8. The second kappa shape index (κ2) is 25.8. The Kier molecular flexibility index (Phi) is 22.5. The Bertz CT molecular complexity index is 1880. The molecule has 1 aliphatic heterocycles. The second-order valence-corrected chi connectivity index (χ2v) is 17.4. The van der Waals surface area contributed by atoms with Crippen molar-refractivity contribution in [2.24, 2.45) is 5.92 Å². The van der Waals surface area contributed by atoms with Crippen LogP contribution in [0.1, 0.15) is 59.0 Å². The lowest BCUT2D eigenvalue weighted by molar-refractivity contribution is -0.144. The molecule has 0 unspecified atom stereocenters. The van der Waals surface area contributed by atoms with Gasteiger partial charge in [0.2, 0.25) is 0 Å². The molecule has 7 rings (SSSR count). The van der Waals surface area contributed by atoms with Crippen molar-refractivity contribution >= 4 is 137 Å². The van der Waals surface area contributed by atoms with Gasteiger partial charge >= 0.3 is 5.97 Å². The molecule has 2 aliphatic rings. The van der Waals surface area contributed by atoms with Gasteiger partial charge in [0.1, 0.15) is 21.6 Å². The molecule has 0 radical (unpaired) electrons. The average molecular weight is 1230 g/mol.